The molecule has 1 saturated heterocycles. The molecular weight excluding hydrogens is 347 g/mol. The minimum atomic E-state index is -0.343. The average molecular weight is 366 g/mol. The summed E-state index contributed by atoms with van der Waals surface area (Å²) in [4.78, 5) is 29.4. The second kappa shape index (κ2) is 7.14. The van der Waals surface area contributed by atoms with Crippen LogP contribution in [0.15, 0.2) is 49.1 Å². The molecule has 1 amide bonds. The molecule has 0 spiro atoms. The molecule has 0 atom stereocenters. The number of amides is 1. The molecule has 8 heteroatoms. The van der Waals surface area contributed by atoms with E-state index < -0.39 is 0 Å². The third-order valence-electron chi connectivity index (χ3n) is 4.69. The SMILES string of the molecule is Cc1nccn1-c1cc(N2CCN(C(=O)c3ccc(F)cc3)CC2)ncn1. The molecule has 0 unspecified atom stereocenters. The number of hydrogen-bond donors (Lipinski definition) is 0. The van der Waals surface area contributed by atoms with Gasteiger partial charge in [-0.3, -0.25) is 9.36 Å². The topological polar surface area (TPSA) is 67.2 Å². The standard InChI is InChI=1S/C19H19FN6O/c1-14-21-6-7-26(14)18-12-17(22-13-23-18)24-8-10-25(11-9-24)19(27)15-2-4-16(20)5-3-15/h2-7,12-13H,8-11H2,1H3. The number of carbonyl (C=O) groups excluding carboxylic acids is 1. The van der Waals surface area contributed by atoms with E-state index in [0.717, 1.165) is 17.5 Å². The van der Waals surface area contributed by atoms with Gasteiger partial charge < -0.3 is 9.80 Å². The molecule has 0 bridgehead atoms. The van der Waals surface area contributed by atoms with Crippen molar-refractivity contribution in [3.63, 3.8) is 0 Å². The number of carbonyl (C=O) groups is 1. The molecule has 27 heavy (non-hydrogen) atoms. The monoisotopic (exact) mass is 366 g/mol. The Balaban J connectivity index is 1.44. The van der Waals surface area contributed by atoms with E-state index in [9.17, 15) is 9.18 Å². The van der Waals surface area contributed by atoms with Gasteiger partial charge in [-0.1, -0.05) is 0 Å². The van der Waals surface area contributed by atoms with Gasteiger partial charge in [0.15, 0.2) is 0 Å². The lowest BCUT2D eigenvalue weighted by atomic mass is 10.2. The zero-order valence-corrected chi connectivity index (χ0v) is 14.9. The summed E-state index contributed by atoms with van der Waals surface area (Å²) in [5, 5.41) is 0. The van der Waals surface area contributed by atoms with Crippen molar-refractivity contribution in [2.24, 2.45) is 0 Å². The number of rotatable bonds is 3. The van der Waals surface area contributed by atoms with Crippen LogP contribution in [0, 0.1) is 12.7 Å². The van der Waals surface area contributed by atoms with E-state index in [1.807, 2.05) is 23.8 Å². The number of benzene rings is 1. The number of imidazole rings is 1. The van der Waals surface area contributed by atoms with E-state index in [2.05, 4.69) is 19.9 Å². The minimum Gasteiger partial charge on any atom is -0.353 e. The molecule has 1 aliphatic heterocycles. The highest BCUT2D eigenvalue weighted by molar-refractivity contribution is 5.94. The first-order chi connectivity index (χ1) is 13.1. The third-order valence-corrected chi connectivity index (χ3v) is 4.69. The molecule has 1 aliphatic rings. The van der Waals surface area contributed by atoms with Crippen LogP contribution >= 0.6 is 0 Å². The predicted octanol–water partition coefficient (Wildman–Crippen LogP) is 2.07. The van der Waals surface area contributed by atoms with Crippen molar-refractivity contribution < 1.29 is 9.18 Å². The molecule has 0 N–H and O–H groups in total. The summed E-state index contributed by atoms with van der Waals surface area (Å²) in [7, 11) is 0. The Kier molecular flexibility index (Phi) is 4.53. The Morgan fingerprint density at radius 2 is 1.70 bits per heavy atom. The number of piperazine rings is 1. The van der Waals surface area contributed by atoms with Gasteiger partial charge in [-0.2, -0.15) is 0 Å². The molecule has 1 fully saturated rings. The van der Waals surface area contributed by atoms with Crippen LogP contribution in [0.2, 0.25) is 0 Å². The van der Waals surface area contributed by atoms with Gasteiger partial charge in [0, 0.05) is 50.2 Å². The summed E-state index contributed by atoms with van der Waals surface area (Å²) in [5.74, 6) is 2.02. The highest BCUT2D eigenvalue weighted by Crippen LogP contribution is 2.18. The Morgan fingerprint density at radius 3 is 2.37 bits per heavy atom. The molecule has 4 rings (SSSR count). The molecule has 3 aromatic rings. The lowest BCUT2D eigenvalue weighted by Gasteiger charge is -2.35. The number of aryl methyl sites for hydroxylation is 1. The van der Waals surface area contributed by atoms with Crippen molar-refractivity contribution in [3.8, 4) is 5.82 Å². The van der Waals surface area contributed by atoms with Gasteiger partial charge in [0.1, 0.15) is 29.6 Å². The fraction of sp³-hybridized carbons (Fsp3) is 0.263. The van der Waals surface area contributed by atoms with Gasteiger partial charge in [0.25, 0.3) is 5.91 Å². The van der Waals surface area contributed by atoms with Crippen LogP contribution in [0.25, 0.3) is 5.82 Å². The summed E-state index contributed by atoms with van der Waals surface area (Å²) in [5.41, 5.74) is 0.504. The average Bonchev–Trinajstić information content (AvgIpc) is 3.14. The number of nitrogens with zero attached hydrogens (tertiary/aromatic N) is 6. The predicted molar refractivity (Wildman–Crippen MR) is 98.4 cm³/mol. The van der Waals surface area contributed by atoms with Gasteiger partial charge in [-0.25, -0.2) is 19.3 Å². The number of halogens is 1. The summed E-state index contributed by atoms with van der Waals surface area (Å²) >= 11 is 0. The van der Waals surface area contributed by atoms with Gasteiger partial charge in [-0.05, 0) is 31.2 Å². The molecule has 2 aromatic heterocycles. The third kappa shape index (κ3) is 3.51. The quantitative estimate of drug-likeness (QED) is 0.710. The maximum Gasteiger partial charge on any atom is 0.253 e. The lowest BCUT2D eigenvalue weighted by molar-refractivity contribution is 0.0746. The minimum absolute atomic E-state index is 0.0768. The summed E-state index contributed by atoms with van der Waals surface area (Å²) in [6, 6.07) is 7.59. The zero-order chi connectivity index (χ0) is 18.8. The van der Waals surface area contributed by atoms with E-state index in [1.165, 1.54) is 24.3 Å². The van der Waals surface area contributed by atoms with Crippen molar-refractivity contribution in [2.45, 2.75) is 6.92 Å². The Labute approximate surface area is 156 Å². The van der Waals surface area contributed by atoms with Crippen LogP contribution < -0.4 is 4.90 Å². The van der Waals surface area contributed by atoms with Crippen LogP contribution in [0.3, 0.4) is 0 Å². The Hall–Kier alpha value is -3.29. The fourth-order valence-corrected chi connectivity index (χ4v) is 3.18. The second-order valence-electron chi connectivity index (χ2n) is 6.37. The molecule has 0 aliphatic carbocycles. The van der Waals surface area contributed by atoms with Crippen molar-refractivity contribution in [1.82, 2.24) is 24.4 Å². The van der Waals surface area contributed by atoms with Crippen LogP contribution in [0.1, 0.15) is 16.2 Å². The van der Waals surface area contributed by atoms with Gasteiger partial charge in [0.05, 0.1) is 0 Å². The zero-order valence-electron chi connectivity index (χ0n) is 14.9. The molecule has 138 valence electrons. The molecular formula is C19H19FN6O. The Morgan fingerprint density at radius 1 is 1.00 bits per heavy atom. The maximum absolute atomic E-state index is 13.0. The smallest absolute Gasteiger partial charge is 0.253 e. The fourth-order valence-electron chi connectivity index (χ4n) is 3.18. The highest BCUT2D eigenvalue weighted by atomic mass is 19.1. The molecule has 3 heterocycles. The van der Waals surface area contributed by atoms with Crippen molar-refractivity contribution >= 4 is 11.7 Å². The summed E-state index contributed by atoms with van der Waals surface area (Å²) < 4.78 is 14.9. The van der Waals surface area contributed by atoms with Gasteiger partial charge in [0.2, 0.25) is 0 Å². The van der Waals surface area contributed by atoms with Crippen LogP contribution in [-0.2, 0) is 0 Å². The molecule has 0 radical (unpaired) electrons. The maximum atomic E-state index is 13.0. The molecule has 0 saturated carbocycles. The first kappa shape index (κ1) is 17.1. The molecule has 1 aromatic carbocycles. The second-order valence-corrected chi connectivity index (χ2v) is 6.37. The number of aromatic nitrogens is 4. The van der Waals surface area contributed by atoms with E-state index >= 15 is 0 Å². The number of anilines is 1. The van der Waals surface area contributed by atoms with Crippen molar-refractivity contribution in [1.29, 1.82) is 0 Å². The first-order valence-electron chi connectivity index (χ1n) is 8.74. The van der Waals surface area contributed by atoms with Crippen LogP contribution in [-0.4, -0.2) is 56.5 Å². The highest BCUT2D eigenvalue weighted by Gasteiger charge is 2.23. The van der Waals surface area contributed by atoms with E-state index in [1.54, 1.807) is 17.4 Å². The summed E-state index contributed by atoms with van der Waals surface area (Å²) in [6.45, 7) is 4.43. The van der Waals surface area contributed by atoms with E-state index in [-0.39, 0.29) is 11.7 Å². The van der Waals surface area contributed by atoms with E-state index in [4.69, 9.17) is 0 Å². The van der Waals surface area contributed by atoms with Crippen molar-refractivity contribution in [2.75, 3.05) is 31.1 Å². The summed E-state index contributed by atoms with van der Waals surface area (Å²) in [6.07, 6.45) is 5.14. The van der Waals surface area contributed by atoms with Crippen LogP contribution in [0.5, 0.6) is 0 Å². The van der Waals surface area contributed by atoms with Crippen molar-refractivity contribution in [3.05, 3.63) is 66.3 Å². The first-order valence-corrected chi connectivity index (χ1v) is 8.74. The van der Waals surface area contributed by atoms with Gasteiger partial charge in [-0.15, -0.1) is 0 Å². The Bertz CT molecular complexity index is 947. The lowest BCUT2D eigenvalue weighted by Crippen LogP contribution is -2.49. The normalized spacial score (nSPS) is 14.4. The largest absolute Gasteiger partial charge is 0.353 e. The van der Waals surface area contributed by atoms with E-state index in [0.29, 0.717) is 31.7 Å². The van der Waals surface area contributed by atoms with Crippen LogP contribution in [0.4, 0.5) is 10.2 Å². The van der Waals surface area contributed by atoms with Gasteiger partial charge >= 0.3 is 0 Å². The molecule has 7 nitrogen and oxygen atoms in total. The number of hydrogen-bond acceptors (Lipinski definition) is 5.